The van der Waals surface area contributed by atoms with Gasteiger partial charge in [-0.2, -0.15) is 0 Å². The third kappa shape index (κ3) is 6.90. The number of rotatable bonds is 7. The zero-order valence-corrected chi connectivity index (χ0v) is 11.7. The Morgan fingerprint density at radius 2 is 1.89 bits per heavy atom. The molecule has 0 aliphatic heterocycles. The van der Waals surface area contributed by atoms with Crippen molar-refractivity contribution in [3.05, 3.63) is 29.8 Å². The highest BCUT2D eigenvalue weighted by atomic mass is 32.2. The minimum Gasteiger partial charge on any atom is -0.325 e. The highest BCUT2D eigenvalue weighted by Gasteiger charge is 2.05. The summed E-state index contributed by atoms with van der Waals surface area (Å²) in [5, 5.41) is 10.6. The number of carbonyl (C=O) groups excluding carboxylic acids is 1. The van der Waals surface area contributed by atoms with E-state index in [4.69, 9.17) is 5.14 Å². The van der Waals surface area contributed by atoms with Gasteiger partial charge in [0.15, 0.2) is 0 Å². The third-order valence-electron chi connectivity index (χ3n) is 2.32. The number of carbonyl (C=O) groups is 1. The molecule has 1 rings (SSSR count). The second-order valence-electron chi connectivity index (χ2n) is 4.23. The van der Waals surface area contributed by atoms with Crippen LogP contribution in [0.25, 0.3) is 0 Å². The van der Waals surface area contributed by atoms with Gasteiger partial charge in [0, 0.05) is 5.69 Å². The first-order valence-corrected chi connectivity index (χ1v) is 7.72. The Labute approximate surface area is 113 Å². The van der Waals surface area contributed by atoms with Crippen LogP contribution in [0, 0.1) is 0 Å². The Balaban J connectivity index is 2.50. The minimum absolute atomic E-state index is 0.132. The SMILES string of the molecule is CCCNCC(=O)Nc1ccc(CS(N)(=O)=O)cc1. The summed E-state index contributed by atoms with van der Waals surface area (Å²) in [5.41, 5.74) is 1.21. The predicted molar refractivity (Wildman–Crippen MR) is 75.0 cm³/mol. The van der Waals surface area contributed by atoms with Gasteiger partial charge in [0.25, 0.3) is 0 Å². The normalized spacial score (nSPS) is 11.3. The largest absolute Gasteiger partial charge is 0.325 e. The van der Waals surface area contributed by atoms with E-state index in [9.17, 15) is 13.2 Å². The van der Waals surface area contributed by atoms with Crippen LogP contribution in [0.1, 0.15) is 18.9 Å². The maximum atomic E-state index is 11.5. The topological polar surface area (TPSA) is 101 Å². The summed E-state index contributed by atoms with van der Waals surface area (Å²) in [6, 6.07) is 6.55. The lowest BCUT2D eigenvalue weighted by Crippen LogP contribution is -2.28. The maximum Gasteiger partial charge on any atom is 0.238 e. The van der Waals surface area contributed by atoms with Gasteiger partial charge in [0.05, 0.1) is 12.3 Å². The van der Waals surface area contributed by atoms with Crippen molar-refractivity contribution in [1.29, 1.82) is 0 Å². The monoisotopic (exact) mass is 285 g/mol. The van der Waals surface area contributed by atoms with Crippen LogP contribution in [0.3, 0.4) is 0 Å². The van der Waals surface area contributed by atoms with Gasteiger partial charge in [0.1, 0.15) is 0 Å². The molecule has 0 saturated heterocycles. The number of primary sulfonamides is 1. The molecule has 0 aliphatic carbocycles. The van der Waals surface area contributed by atoms with Crippen molar-refractivity contribution in [3.8, 4) is 0 Å². The molecular weight excluding hydrogens is 266 g/mol. The van der Waals surface area contributed by atoms with Gasteiger partial charge in [0.2, 0.25) is 15.9 Å². The second kappa shape index (κ2) is 7.22. The first-order valence-electron chi connectivity index (χ1n) is 6.00. The number of sulfonamides is 1. The molecule has 1 aromatic carbocycles. The van der Waals surface area contributed by atoms with Crippen LogP contribution >= 0.6 is 0 Å². The van der Waals surface area contributed by atoms with E-state index in [1.165, 1.54) is 0 Å². The number of anilines is 1. The number of nitrogens with one attached hydrogen (secondary N) is 2. The summed E-state index contributed by atoms with van der Waals surface area (Å²) in [6.45, 7) is 3.07. The van der Waals surface area contributed by atoms with Gasteiger partial charge < -0.3 is 10.6 Å². The summed E-state index contributed by atoms with van der Waals surface area (Å²) in [6.07, 6.45) is 0.968. The fraction of sp³-hybridized carbons (Fsp3) is 0.417. The van der Waals surface area contributed by atoms with Crippen LogP contribution < -0.4 is 15.8 Å². The first-order chi connectivity index (χ1) is 8.90. The van der Waals surface area contributed by atoms with Crippen molar-refractivity contribution in [3.63, 3.8) is 0 Å². The van der Waals surface area contributed by atoms with Crippen LogP contribution in [-0.4, -0.2) is 27.4 Å². The summed E-state index contributed by atoms with van der Waals surface area (Å²) in [4.78, 5) is 11.5. The fourth-order valence-electron chi connectivity index (χ4n) is 1.50. The van der Waals surface area contributed by atoms with Crippen LogP contribution in [0.2, 0.25) is 0 Å². The lowest BCUT2D eigenvalue weighted by atomic mass is 10.2. The molecule has 0 unspecified atom stereocenters. The molecule has 1 amide bonds. The summed E-state index contributed by atoms with van der Waals surface area (Å²) in [7, 11) is -3.53. The summed E-state index contributed by atoms with van der Waals surface area (Å²) in [5.74, 6) is -0.341. The fourth-order valence-corrected chi connectivity index (χ4v) is 2.16. The number of benzene rings is 1. The maximum absolute atomic E-state index is 11.5. The van der Waals surface area contributed by atoms with Gasteiger partial charge in [-0.25, -0.2) is 13.6 Å². The van der Waals surface area contributed by atoms with Gasteiger partial charge >= 0.3 is 0 Å². The number of hydrogen-bond acceptors (Lipinski definition) is 4. The Bertz CT molecular complexity index is 512. The smallest absolute Gasteiger partial charge is 0.238 e. The molecule has 0 heterocycles. The van der Waals surface area contributed by atoms with Crippen LogP contribution in [-0.2, 0) is 20.6 Å². The lowest BCUT2D eigenvalue weighted by Gasteiger charge is -2.07. The Hall–Kier alpha value is -1.44. The van der Waals surface area contributed by atoms with Crippen LogP contribution in [0.5, 0.6) is 0 Å². The molecule has 0 aliphatic rings. The van der Waals surface area contributed by atoms with E-state index in [-0.39, 0.29) is 18.2 Å². The molecular formula is C12H19N3O3S. The molecule has 106 valence electrons. The quantitative estimate of drug-likeness (QED) is 0.632. The van der Waals surface area contributed by atoms with E-state index < -0.39 is 10.0 Å². The average molecular weight is 285 g/mol. The van der Waals surface area contributed by atoms with E-state index >= 15 is 0 Å². The highest BCUT2D eigenvalue weighted by molar-refractivity contribution is 7.88. The molecule has 0 radical (unpaired) electrons. The molecule has 7 heteroatoms. The van der Waals surface area contributed by atoms with Gasteiger partial charge in [-0.1, -0.05) is 19.1 Å². The number of hydrogen-bond donors (Lipinski definition) is 3. The van der Waals surface area contributed by atoms with Crippen LogP contribution in [0.15, 0.2) is 24.3 Å². The number of amides is 1. The molecule has 19 heavy (non-hydrogen) atoms. The lowest BCUT2D eigenvalue weighted by molar-refractivity contribution is -0.115. The first kappa shape index (κ1) is 15.6. The summed E-state index contributed by atoms with van der Waals surface area (Å²) >= 11 is 0. The van der Waals surface area contributed by atoms with E-state index in [0.29, 0.717) is 11.3 Å². The average Bonchev–Trinajstić information content (AvgIpc) is 2.30. The van der Waals surface area contributed by atoms with Crippen molar-refractivity contribution in [2.45, 2.75) is 19.1 Å². The Kier molecular flexibility index (Phi) is 5.94. The molecule has 0 saturated carbocycles. The molecule has 4 N–H and O–H groups in total. The molecule has 0 atom stereocenters. The highest BCUT2D eigenvalue weighted by Crippen LogP contribution is 2.10. The van der Waals surface area contributed by atoms with Crippen molar-refractivity contribution >= 4 is 21.6 Å². The zero-order chi connectivity index (χ0) is 14.3. The van der Waals surface area contributed by atoms with E-state index in [2.05, 4.69) is 10.6 Å². The molecule has 6 nitrogen and oxygen atoms in total. The molecule has 1 aromatic rings. The Morgan fingerprint density at radius 1 is 1.26 bits per heavy atom. The van der Waals surface area contributed by atoms with E-state index in [0.717, 1.165) is 13.0 Å². The Morgan fingerprint density at radius 3 is 2.42 bits per heavy atom. The molecule has 0 aromatic heterocycles. The molecule has 0 fully saturated rings. The minimum atomic E-state index is -3.53. The van der Waals surface area contributed by atoms with Crippen LogP contribution in [0.4, 0.5) is 5.69 Å². The van der Waals surface area contributed by atoms with Crippen molar-refractivity contribution in [2.24, 2.45) is 5.14 Å². The van der Waals surface area contributed by atoms with E-state index in [1.807, 2.05) is 6.92 Å². The predicted octanol–water partition coefficient (Wildman–Crippen LogP) is 0.413. The van der Waals surface area contributed by atoms with Gasteiger partial charge in [-0.15, -0.1) is 0 Å². The molecule has 0 spiro atoms. The van der Waals surface area contributed by atoms with Crippen molar-refractivity contribution in [1.82, 2.24) is 5.32 Å². The van der Waals surface area contributed by atoms with Crippen molar-refractivity contribution in [2.75, 3.05) is 18.4 Å². The molecule has 0 bridgehead atoms. The standard InChI is InChI=1S/C12H19N3O3S/c1-2-7-14-8-12(16)15-11-5-3-10(4-6-11)9-19(13,17)18/h3-6,14H,2,7-9H2,1H3,(H,15,16)(H2,13,17,18). The van der Waals surface area contributed by atoms with E-state index in [1.54, 1.807) is 24.3 Å². The van der Waals surface area contributed by atoms with Crippen molar-refractivity contribution < 1.29 is 13.2 Å². The third-order valence-corrected chi connectivity index (χ3v) is 3.05. The summed E-state index contributed by atoms with van der Waals surface area (Å²) < 4.78 is 21.8. The van der Waals surface area contributed by atoms with Gasteiger partial charge in [-0.3, -0.25) is 4.79 Å². The van der Waals surface area contributed by atoms with Gasteiger partial charge in [-0.05, 0) is 30.7 Å². The number of nitrogens with two attached hydrogens (primary N) is 1. The second-order valence-corrected chi connectivity index (χ2v) is 5.84. The zero-order valence-electron chi connectivity index (χ0n) is 10.8.